The molecule has 0 amide bonds. The Morgan fingerprint density at radius 1 is 1.17 bits per heavy atom. The van der Waals surface area contributed by atoms with Crippen molar-refractivity contribution in [2.75, 3.05) is 19.7 Å². The van der Waals surface area contributed by atoms with Crippen molar-refractivity contribution in [3.05, 3.63) is 47.9 Å². The van der Waals surface area contributed by atoms with Gasteiger partial charge in [-0.3, -0.25) is 9.58 Å². The van der Waals surface area contributed by atoms with E-state index in [2.05, 4.69) is 15.6 Å². The first-order valence-corrected chi connectivity index (χ1v) is 10.5. The van der Waals surface area contributed by atoms with Gasteiger partial charge in [-0.15, -0.1) is 0 Å². The van der Waals surface area contributed by atoms with E-state index >= 15 is 0 Å². The number of hydrogen-bond acceptors (Lipinski definition) is 4. The van der Waals surface area contributed by atoms with E-state index in [0.29, 0.717) is 6.61 Å². The van der Waals surface area contributed by atoms with Crippen molar-refractivity contribution >= 4 is 10.9 Å². The van der Waals surface area contributed by atoms with Crippen molar-refractivity contribution in [1.82, 2.24) is 19.2 Å². The van der Waals surface area contributed by atoms with Crippen LogP contribution in [-0.2, 0) is 31.0 Å². The van der Waals surface area contributed by atoms with Crippen LogP contribution in [0.2, 0.25) is 0 Å². The molecule has 0 spiro atoms. The second kappa shape index (κ2) is 8.35. The Morgan fingerprint density at radius 2 is 2.03 bits per heavy atom. The molecule has 0 unspecified atom stereocenters. The van der Waals surface area contributed by atoms with E-state index in [9.17, 15) is 8.78 Å². The molecular formula is C22H26F2N4O2. The number of aromatic nitrogens is 3. The molecule has 1 saturated heterocycles. The number of halogens is 2. The van der Waals surface area contributed by atoms with Crippen LogP contribution in [0.15, 0.2) is 36.5 Å². The SMILES string of the molecule is FC(F)Cn1ccc2c(OC3CCN(Cc4cc5n(n4)CCOC5)CC3)cccc21. The molecular weight excluding hydrogens is 390 g/mol. The number of ether oxygens (including phenoxy) is 2. The van der Waals surface area contributed by atoms with Crippen LogP contribution in [0.25, 0.3) is 10.9 Å². The average molecular weight is 416 g/mol. The summed E-state index contributed by atoms with van der Waals surface area (Å²) in [7, 11) is 0. The van der Waals surface area contributed by atoms with Gasteiger partial charge in [-0.1, -0.05) is 6.07 Å². The monoisotopic (exact) mass is 416 g/mol. The van der Waals surface area contributed by atoms with Gasteiger partial charge in [0.2, 0.25) is 0 Å². The van der Waals surface area contributed by atoms with Crippen LogP contribution in [0.5, 0.6) is 5.75 Å². The molecule has 2 aromatic heterocycles. The zero-order valence-corrected chi connectivity index (χ0v) is 16.8. The van der Waals surface area contributed by atoms with Gasteiger partial charge in [0, 0.05) is 31.2 Å². The van der Waals surface area contributed by atoms with E-state index in [1.807, 2.05) is 24.3 Å². The van der Waals surface area contributed by atoms with Crippen molar-refractivity contribution in [1.29, 1.82) is 0 Å². The molecule has 160 valence electrons. The van der Waals surface area contributed by atoms with Crippen LogP contribution in [0.3, 0.4) is 0 Å². The maximum absolute atomic E-state index is 12.8. The van der Waals surface area contributed by atoms with E-state index in [4.69, 9.17) is 14.6 Å². The molecule has 0 aliphatic carbocycles. The standard InChI is InChI=1S/C22H26F2N4O2/c23-22(24)14-27-9-6-19-20(27)2-1-3-21(19)30-18-4-7-26(8-5-18)13-16-12-17-15-29-11-10-28(17)25-16/h1-3,6,9,12,18,22H,4-5,7-8,10-11,13-15H2. The highest BCUT2D eigenvalue weighted by Gasteiger charge is 2.23. The lowest BCUT2D eigenvalue weighted by atomic mass is 10.1. The molecule has 6 nitrogen and oxygen atoms in total. The molecule has 0 saturated carbocycles. The van der Waals surface area contributed by atoms with Gasteiger partial charge in [0.05, 0.1) is 43.2 Å². The summed E-state index contributed by atoms with van der Waals surface area (Å²) >= 11 is 0. The van der Waals surface area contributed by atoms with Crippen LogP contribution in [-0.4, -0.2) is 51.5 Å². The molecule has 30 heavy (non-hydrogen) atoms. The van der Waals surface area contributed by atoms with Crippen molar-refractivity contribution in [3.63, 3.8) is 0 Å². The molecule has 0 N–H and O–H groups in total. The number of likely N-dealkylation sites (tertiary alicyclic amines) is 1. The summed E-state index contributed by atoms with van der Waals surface area (Å²) in [4.78, 5) is 2.41. The van der Waals surface area contributed by atoms with Gasteiger partial charge in [-0.05, 0) is 37.1 Å². The average Bonchev–Trinajstić information content (AvgIpc) is 3.33. The summed E-state index contributed by atoms with van der Waals surface area (Å²) in [5, 5.41) is 5.59. The summed E-state index contributed by atoms with van der Waals surface area (Å²) < 4.78 is 41.0. The predicted octanol–water partition coefficient (Wildman–Crippen LogP) is 3.68. The number of fused-ring (bicyclic) bond motifs is 2. The zero-order valence-electron chi connectivity index (χ0n) is 16.8. The fourth-order valence-electron chi connectivity index (χ4n) is 4.43. The van der Waals surface area contributed by atoms with Crippen molar-refractivity contribution < 1.29 is 18.3 Å². The van der Waals surface area contributed by atoms with Gasteiger partial charge in [-0.25, -0.2) is 8.78 Å². The summed E-state index contributed by atoms with van der Waals surface area (Å²) in [6.07, 6.45) is 1.34. The minimum atomic E-state index is -2.37. The second-order valence-corrected chi connectivity index (χ2v) is 8.04. The molecule has 0 atom stereocenters. The molecule has 4 heterocycles. The third kappa shape index (κ3) is 4.06. The number of alkyl halides is 2. The van der Waals surface area contributed by atoms with E-state index in [0.717, 1.165) is 73.7 Å². The van der Waals surface area contributed by atoms with Crippen LogP contribution >= 0.6 is 0 Å². The Balaban J connectivity index is 1.19. The molecule has 1 aromatic carbocycles. The largest absolute Gasteiger partial charge is 0.490 e. The van der Waals surface area contributed by atoms with Gasteiger partial charge < -0.3 is 14.0 Å². The Kier molecular flexibility index (Phi) is 5.43. The molecule has 8 heteroatoms. The maximum Gasteiger partial charge on any atom is 0.256 e. The van der Waals surface area contributed by atoms with Gasteiger partial charge in [0.25, 0.3) is 6.43 Å². The number of nitrogens with zero attached hydrogens (tertiary/aromatic N) is 4. The third-order valence-electron chi connectivity index (χ3n) is 5.93. The normalized spacial score (nSPS) is 18.2. The minimum absolute atomic E-state index is 0.133. The summed E-state index contributed by atoms with van der Waals surface area (Å²) in [6.45, 7) is 4.66. The zero-order chi connectivity index (χ0) is 20.5. The third-order valence-corrected chi connectivity index (χ3v) is 5.93. The Morgan fingerprint density at radius 3 is 2.83 bits per heavy atom. The first kappa shape index (κ1) is 19.5. The Bertz CT molecular complexity index is 984. The lowest BCUT2D eigenvalue weighted by molar-refractivity contribution is 0.0797. The minimum Gasteiger partial charge on any atom is -0.490 e. The van der Waals surface area contributed by atoms with Crippen LogP contribution in [0.1, 0.15) is 24.2 Å². The van der Waals surface area contributed by atoms with E-state index < -0.39 is 6.43 Å². The first-order valence-electron chi connectivity index (χ1n) is 10.5. The molecule has 0 radical (unpaired) electrons. The van der Waals surface area contributed by atoms with E-state index in [1.165, 1.54) is 0 Å². The number of benzene rings is 1. The fourth-order valence-corrected chi connectivity index (χ4v) is 4.43. The quantitative estimate of drug-likeness (QED) is 0.615. The highest BCUT2D eigenvalue weighted by atomic mass is 19.3. The summed E-state index contributed by atoms with van der Waals surface area (Å²) in [5.41, 5.74) is 3.04. The van der Waals surface area contributed by atoms with E-state index in [1.54, 1.807) is 10.8 Å². The molecule has 1 fully saturated rings. The maximum atomic E-state index is 12.8. The van der Waals surface area contributed by atoms with Gasteiger partial charge in [0.15, 0.2) is 0 Å². The van der Waals surface area contributed by atoms with Gasteiger partial charge >= 0.3 is 0 Å². The molecule has 3 aromatic rings. The molecule has 5 rings (SSSR count). The first-order chi connectivity index (χ1) is 14.7. The molecule has 0 bridgehead atoms. The number of piperidine rings is 1. The lowest BCUT2D eigenvalue weighted by Gasteiger charge is -2.31. The molecule has 2 aliphatic heterocycles. The molecule has 2 aliphatic rings. The van der Waals surface area contributed by atoms with E-state index in [-0.39, 0.29) is 12.6 Å². The predicted molar refractivity (Wildman–Crippen MR) is 109 cm³/mol. The van der Waals surface area contributed by atoms with Crippen molar-refractivity contribution in [2.24, 2.45) is 0 Å². The number of rotatable bonds is 6. The van der Waals surface area contributed by atoms with Gasteiger partial charge in [-0.2, -0.15) is 5.10 Å². The number of hydrogen-bond donors (Lipinski definition) is 0. The Labute approximate surface area is 174 Å². The topological polar surface area (TPSA) is 44.5 Å². The van der Waals surface area contributed by atoms with Crippen LogP contribution in [0, 0.1) is 0 Å². The smallest absolute Gasteiger partial charge is 0.256 e. The fraction of sp³-hybridized carbons (Fsp3) is 0.500. The van der Waals surface area contributed by atoms with Crippen molar-refractivity contribution in [2.45, 2.75) is 51.6 Å². The van der Waals surface area contributed by atoms with Crippen LogP contribution < -0.4 is 4.74 Å². The van der Waals surface area contributed by atoms with Gasteiger partial charge in [0.1, 0.15) is 11.9 Å². The summed E-state index contributed by atoms with van der Waals surface area (Å²) in [5.74, 6) is 0.778. The summed E-state index contributed by atoms with van der Waals surface area (Å²) in [6, 6.07) is 9.68. The highest BCUT2D eigenvalue weighted by molar-refractivity contribution is 5.86. The Hall–Kier alpha value is -2.45. The second-order valence-electron chi connectivity index (χ2n) is 8.04. The van der Waals surface area contributed by atoms with Crippen LogP contribution in [0.4, 0.5) is 8.78 Å². The highest BCUT2D eigenvalue weighted by Crippen LogP contribution is 2.29. The lowest BCUT2D eigenvalue weighted by Crippen LogP contribution is -2.37. The van der Waals surface area contributed by atoms with Crippen molar-refractivity contribution in [3.8, 4) is 5.75 Å².